The van der Waals surface area contributed by atoms with Crippen molar-refractivity contribution in [2.45, 2.75) is 33.9 Å². The monoisotopic (exact) mass is 266 g/mol. The molecule has 1 saturated carbocycles. The molecule has 7 heteroatoms. The van der Waals surface area contributed by atoms with E-state index in [1.54, 1.807) is 20.2 Å². The maximum atomic E-state index is 12.0. The summed E-state index contributed by atoms with van der Waals surface area (Å²) in [5.41, 5.74) is -0.478. The largest absolute Gasteiger partial charge is 0.481 e. The average molecular weight is 266 g/mol. The number of hydrogen-bond acceptors (Lipinski definition) is 4. The van der Waals surface area contributed by atoms with Gasteiger partial charge in [-0.3, -0.25) is 9.59 Å². The van der Waals surface area contributed by atoms with E-state index in [0.29, 0.717) is 5.82 Å². The van der Waals surface area contributed by atoms with Gasteiger partial charge in [-0.25, -0.2) is 0 Å². The highest BCUT2D eigenvalue weighted by Gasteiger charge is 2.65. The van der Waals surface area contributed by atoms with Gasteiger partial charge in [-0.1, -0.05) is 13.8 Å². The van der Waals surface area contributed by atoms with Crippen molar-refractivity contribution in [3.63, 3.8) is 0 Å². The predicted molar refractivity (Wildman–Crippen MR) is 65.9 cm³/mol. The first-order valence-corrected chi connectivity index (χ1v) is 6.26. The number of nitrogens with zero attached hydrogens (tertiary/aromatic N) is 3. The number of amides is 1. The van der Waals surface area contributed by atoms with Gasteiger partial charge in [0.05, 0.1) is 18.4 Å². The van der Waals surface area contributed by atoms with Gasteiger partial charge < -0.3 is 15.0 Å². The Bertz CT molecular complexity index is 509. The molecule has 1 fully saturated rings. The highest BCUT2D eigenvalue weighted by molar-refractivity contribution is 5.91. The first-order chi connectivity index (χ1) is 8.89. The molecule has 1 amide bonds. The summed E-state index contributed by atoms with van der Waals surface area (Å²) < 4.78 is 1.83. The standard InChI is InChI=1S/C12H18N4O3/c1-4-16-6-14-15-7(16)5-13-10(17)8-9(11(18)19)12(8,2)3/h6,8-9H,4-5H2,1-3H3,(H,13,17)(H,18,19). The molecule has 1 heterocycles. The summed E-state index contributed by atoms with van der Waals surface area (Å²) in [5.74, 6) is -1.55. The number of carboxylic acids is 1. The Morgan fingerprint density at radius 2 is 2.16 bits per heavy atom. The number of carbonyl (C=O) groups excluding carboxylic acids is 1. The van der Waals surface area contributed by atoms with Crippen LogP contribution in [0.5, 0.6) is 0 Å². The zero-order valence-electron chi connectivity index (χ0n) is 11.3. The summed E-state index contributed by atoms with van der Waals surface area (Å²) in [5, 5.41) is 19.5. The number of rotatable bonds is 5. The zero-order valence-corrected chi connectivity index (χ0v) is 11.3. The molecule has 0 radical (unpaired) electrons. The lowest BCUT2D eigenvalue weighted by atomic mass is 10.1. The van der Waals surface area contributed by atoms with E-state index >= 15 is 0 Å². The average Bonchev–Trinajstić information content (AvgIpc) is 2.72. The van der Waals surface area contributed by atoms with E-state index < -0.39 is 23.2 Å². The lowest BCUT2D eigenvalue weighted by molar-refractivity contribution is -0.140. The Balaban J connectivity index is 1.95. The number of hydrogen-bond donors (Lipinski definition) is 2. The quantitative estimate of drug-likeness (QED) is 0.797. The summed E-state index contributed by atoms with van der Waals surface area (Å²) in [6.07, 6.45) is 1.60. The molecule has 0 saturated heterocycles. The Labute approximate surface area is 111 Å². The van der Waals surface area contributed by atoms with Crippen molar-refractivity contribution in [2.24, 2.45) is 17.3 Å². The van der Waals surface area contributed by atoms with Crippen LogP contribution in [0, 0.1) is 17.3 Å². The van der Waals surface area contributed by atoms with Crippen LogP contribution in [0.3, 0.4) is 0 Å². The Morgan fingerprint density at radius 3 is 2.68 bits per heavy atom. The van der Waals surface area contributed by atoms with Crippen molar-refractivity contribution < 1.29 is 14.7 Å². The highest BCUT2D eigenvalue weighted by Crippen LogP contribution is 2.58. The third-order valence-corrected chi connectivity index (χ3v) is 3.83. The molecular weight excluding hydrogens is 248 g/mol. The first-order valence-electron chi connectivity index (χ1n) is 6.26. The molecule has 104 valence electrons. The third-order valence-electron chi connectivity index (χ3n) is 3.83. The predicted octanol–water partition coefficient (Wildman–Crippen LogP) is 0.271. The topological polar surface area (TPSA) is 97.1 Å². The second-order valence-corrected chi connectivity index (χ2v) is 5.37. The molecule has 19 heavy (non-hydrogen) atoms. The fourth-order valence-electron chi connectivity index (χ4n) is 2.54. The lowest BCUT2D eigenvalue weighted by Gasteiger charge is -2.06. The van der Waals surface area contributed by atoms with Crippen LogP contribution < -0.4 is 5.32 Å². The van der Waals surface area contributed by atoms with E-state index in [-0.39, 0.29) is 12.5 Å². The molecule has 1 aliphatic carbocycles. The van der Waals surface area contributed by atoms with E-state index in [4.69, 9.17) is 5.11 Å². The highest BCUT2D eigenvalue weighted by atomic mass is 16.4. The van der Waals surface area contributed by atoms with Gasteiger partial charge in [0.25, 0.3) is 0 Å². The van der Waals surface area contributed by atoms with Gasteiger partial charge in [0.1, 0.15) is 6.33 Å². The molecule has 0 bridgehead atoms. The van der Waals surface area contributed by atoms with E-state index in [1.807, 2.05) is 11.5 Å². The van der Waals surface area contributed by atoms with E-state index in [0.717, 1.165) is 6.54 Å². The fraction of sp³-hybridized carbons (Fsp3) is 0.667. The van der Waals surface area contributed by atoms with Crippen LogP contribution in [0.25, 0.3) is 0 Å². The van der Waals surface area contributed by atoms with Gasteiger partial charge in [0, 0.05) is 6.54 Å². The minimum Gasteiger partial charge on any atom is -0.481 e. The zero-order chi connectivity index (χ0) is 14.2. The molecule has 1 aromatic heterocycles. The summed E-state index contributed by atoms with van der Waals surface area (Å²) in [7, 11) is 0. The van der Waals surface area contributed by atoms with Crippen LogP contribution in [-0.2, 0) is 22.7 Å². The molecule has 0 spiro atoms. The molecule has 2 atom stereocenters. The van der Waals surface area contributed by atoms with Gasteiger partial charge in [-0.2, -0.15) is 0 Å². The fourth-order valence-corrected chi connectivity index (χ4v) is 2.54. The summed E-state index contributed by atoms with van der Waals surface area (Å²) in [6, 6.07) is 0. The van der Waals surface area contributed by atoms with Crippen LogP contribution in [0.1, 0.15) is 26.6 Å². The minimum absolute atomic E-state index is 0.233. The SMILES string of the molecule is CCn1cnnc1CNC(=O)C1C(C(=O)O)C1(C)C. The summed E-state index contributed by atoms with van der Waals surface area (Å²) >= 11 is 0. The number of carbonyl (C=O) groups is 2. The number of aromatic nitrogens is 3. The summed E-state index contributed by atoms with van der Waals surface area (Å²) in [4.78, 5) is 23.0. The van der Waals surface area contributed by atoms with E-state index in [2.05, 4.69) is 15.5 Å². The molecule has 1 aliphatic rings. The normalized spacial score (nSPS) is 23.9. The number of aliphatic carboxylic acids is 1. The molecule has 0 aromatic carbocycles. The molecule has 2 unspecified atom stereocenters. The first kappa shape index (κ1) is 13.5. The van der Waals surface area contributed by atoms with Crippen molar-refractivity contribution in [3.05, 3.63) is 12.2 Å². The van der Waals surface area contributed by atoms with Crippen LogP contribution in [0.2, 0.25) is 0 Å². The molecule has 2 N–H and O–H groups in total. The van der Waals surface area contributed by atoms with E-state index in [1.165, 1.54) is 0 Å². The number of carboxylic acid groups (broad SMARTS) is 1. The molecule has 1 aromatic rings. The smallest absolute Gasteiger partial charge is 0.307 e. The van der Waals surface area contributed by atoms with Crippen LogP contribution in [-0.4, -0.2) is 31.7 Å². The van der Waals surface area contributed by atoms with Gasteiger partial charge in [0.15, 0.2) is 5.82 Å². The Hall–Kier alpha value is -1.92. The molecule has 0 aliphatic heterocycles. The second kappa shape index (κ2) is 4.64. The van der Waals surface area contributed by atoms with Crippen LogP contribution in [0.4, 0.5) is 0 Å². The molecule has 7 nitrogen and oxygen atoms in total. The Kier molecular flexibility index (Phi) is 3.30. The van der Waals surface area contributed by atoms with Crippen LogP contribution in [0.15, 0.2) is 6.33 Å². The van der Waals surface area contributed by atoms with E-state index in [9.17, 15) is 9.59 Å². The van der Waals surface area contributed by atoms with Crippen molar-refractivity contribution in [1.29, 1.82) is 0 Å². The maximum absolute atomic E-state index is 12.0. The number of aryl methyl sites for hydroxylation is 1. The maximum Gasteiger partial charge on any atom is 0.307 e. The molecular formula is C12H18N4O3. The van der Waals surface area contributed by atoms with Crippen molar-refractivity contribution in [2.75, 3.05) is 0 Å². The second-order valence-electron chi connectivity index (χ2n) is 5.37. The van der Waals surface area contributed by atoms with Gasteiger partial charge in [-0.05, 0) is 12.3 Å². The summed E-state index contributed by atoms with van der Waals surface area (Å²) in [6.45, 7) is 6.55. The van der Waals surface area contributed by atoms with Gasteiger partial charge in [0.2, 0.25) is 5.91 Å². The van der Waals surface area contributed by atoms with Gasteiger partial charge >= 0.3 is 5.97 Å². The molecule has 2 rings (SSSR count). The van der Waals surface area contributed by atoms with Crippen molar-refractivity contribution in [3.8, 4) is 0 Å². The van der Waals surface area contributed by atoms with Crippen LogP contribution >= 0.6 is 0 Å². The van der Waals surface area contributed by atoms with Gasteiger partial charge in [-0.15, -0.1) is 10.2 Å². The van der Waals surface area contributed by atoms with Crippen molar-refractivity contribution in [1.82, 2.24) is 20.1 Å². The van der Waals surface area contributed by atoms with Crippen molar-refractivity contribution >= 4 is 11.9 Å². The minimum atomic E-state index is -0.915. The lowest BCUT2D eigenvalue weighted by Crippen LogP contribution is -2.28. The third kappa shape index (κ3) is 2.32. The Morgan fingerprint density at radius 1 is 1.47 bits per heavy atom. The number of nitrogens with one attached hydrogen (secondary N) is 1.